The summed E-state index contributed by atoms with van der Waals surface area (Å²) in [6, 6.07) is 26.7. The van der Waals surface area contributed by atoms with Gasteiger partial charge in [-0.2, -0.15) is 4.98 Å². The Morgan fingerprint density at radius 3 is 2.24 bits per heavy atom. The van der Waals surface area contributed by atoms with Crippen LogP contribution in [0, 0.1) is 0 Å². The average molecular weight is 441 g/mol. The number of pyridine rings is 1. The van der Waals surface area contributed by atoms with E-state index in [0.29, 0.717) is 24.8 Å². The molecule has 0 bridgehead atoms. The molecule has 6 heteroatoms. The Hall–Kier alpha value is -3.35. The molecule has 2 aromatic heterocycles. The van der Waals surface area contributed by atoms with E-state index in [1.165, 1.54) is 0 Å². The van der Waals surface area contributed by atoms with Crippen molar-refractivity contribution in [2.24, 2.45) is 0 Å². The molecule has 1 fully saturated rings. The molecule has 0 radical (unpaired) electrons. The lowest BCUT2D eigenvalue weighted by atomic mass is 9.91. The minimum atomic E-state index is -0.0766. The lowest BCUT2D eigenvalue weighted by Crippen LogP contribution is -2.31. The first kappa shape index (κ1) is 21.5. The first-order valence-corrected chi connectivity index (χ1v) is 11.5. The Morgan fingerprint density at radius 2 is 1.61 bits per heavy atom. The normalized spacial score (nSPS) is 16.0. The maximum Gasteiger partial charge on any atom is 0.240 e. The molecule has 1 aliphatic heterocycles. The third-order valence-electron chi connectivity index (χ3n) is 5.96. The molecule has 0 spiro atoms. The molecular weight excluding hydrogens is 412 g/mol. The van der Waals surface area contributed by atoms with Crippen molar-refractivity contribution in [1.29, 1.82) is 0 Å². The summed E-state index contributed by atoms with van der Waals surface area (Å²) in [5.41, 5.74) is 3.29. The summed E-state index contributed by atoms with van der Waals surface area (Å²) in [6.07, 6.45) is 4.26. The Kier molecular flexibility index (Phi) is 6.85. The summed E-state index contributed by atoms with van der Waals surface area (Å²) in [5, 5.41) is 4.40. The highest BCUT2D eigenvalue weighted by Crippen LogP contribution is 2.30. The third-order valence-corrected chi connectivity index (χ3v) is 5.96. The Balaban J connectivity index is 1.38. The molecule has 4 aromatic rings. The largest absolute Gasteiger partial charge is 0.377 e. The van der Waals surface area contributed by atoms with Crippen LogP contribution in [0.5, 0.6) is 0 Å². The van der Waals surface area contributed by atoms with Gasteiger partial charge >= 0.3 is 0 Å². The van der Waals surface area contributed by atoms with Crippen molar-refractivity contribution < 1.29 is 9.26 Å². The van der Waals surface area contributed by atoms with Crippen LogP contribution in [0.4, 0.5) is 0 Å². The minimum Gasteiger partial charge on any atom is -0.377 e. The second kappa shape index (κ2) is 10.5. The van der Waals surface area contributed by atoms with E-state index in [4.69, 9.17) is 14.2 Å². The second-order valence-electron chi connectivity index (χ2n) is 8.43. The van der Waals surface area contributed by atoms with Crippen molar-refractivity contribution >= 4 is 0 Å². The topological polar surface area (TPSA) is 64.3 Å². The minimum absolute atomic E-state index is 0.0766. The van der Waals surface area contributed by atoms with E-state index < -0.39 is 0 Å². The van der Waals surface area contributed by atoms with Gasteiger partial charge < -0.3 is 9.26 Å². The Labute approximate surface area is 194 Å². The number of aromatic nitrogens is 3. The van der Waals surface area contributed by atoms with Gasteiger partial charge in [0.05, 0.1) is 24.3 Å². The standard InChI is InChI=1S/C27H28N4O2/c1-3-10-21(11-4-1)26(22-12-5-2-6-13-22)27-29-25(33-30-27)20-31(19-24-15-9-17-32-24)18-23-14-7-8-16-28-23/h1-8,10-14,16,24,26H,9,15,17-20H2. The average Bonchev–Trinajstić information content (AvgIpc) is 3.54. The fourth-order valence-corrected chi connectivity index (χ4v) is 4.40. The first-order valence-electron chi connectivity index (χ1n) is 11.5. The van der Waals surface area contributed by atoms with Crippen molar-refractivity contribution in [2.75, 3.05) is 13.2 Å². The molecule has 0 amide bonds. The second-order valence-corrected chi connectivity index (χ2v) is 8.43. The first-order chi connectivity index (χ1) is 16.3. The number of rotatable bonds is 9. The Morgan fingerprint density at radius 1 is 0.879 bits per heavy atom. The van der Waals surface area contributed by atoms with Gasteiger partial charge in [0.15, 0.2) is 5.82 Å². The van der Waals surface area contributed by atoms with E-state index in [9.17, 15) is 0 Å². The zero-order valence-corrected chi connectivity index (χ0v) is 18.6. The highest BCUT2D eigenvalue weighted by Gasteiger charge is 2.25. The van der Waals surface area contributed by atoms with Gasteiger partial charge in [0.25, 0.3) is 0 Å². The summed E-state index contributed by atoms with van der Waals surface area (Å²) in [6.45, 7) is 2.91. The molecule has 0 N–H and O–H groups in total. The fourth-order valence-electron chi connectivity index (χ4n) is 4.40. The highest BCUT2D eigenvalue weighted by molar-refractivity contribution is 5.37. The number of hydrogen-bond acceptors (Lipinski definition) is 6. The maximum atomic E-state index is 5.89. The van der Waals surface area contributed by atoms with Crippen LogP contribution in [-0.2, 0) is 17.8 Å². The van der Waals surface area contributed by atoms with E-state index in [1.54, 1.807) is 0 Å². The highest BCUT2D eigenvalue weighted by atomic mass is 16.5. The van der Waals surface area contributed by atoms with Crippen molar-refractivity contribution in [1.82, 2.24) is 20.0 Å². The predicted octanol–water partition coefficient (Wildman–Crippen LogP) is 4.83. The summed E-state index contributed by atoms with van der Waals surface area (Å²) >= 11 is 0. The van der Waals surface area contributed by atoms with Gasteiger partial charge in [-0.1, -0.05) is 71.9 Å². The molecule has 1 aliphatic rings. The molecule has 2 aromatic carbocycles. The zero-order chi connectivity index (χ0) is 22.3. The molecule has 3 heterocycles. The molecule has 0 saturated carbocycles. The van der Waals surface area contributed by atoms with Gasteiger partial charge in [0.2, 0.25) is 5.89 Å². The zero-order valence-electron chi connectivity index (χ0n) is 18.6. The van der Waals surface area contributed by atoms with E-state index in [1.807, 2.05) is 60.8 Å². The fraction of sp³-hybridized carbons (Fsp3) is 0.296. The van der Waals surface area contributed by atoms with Crippen LogP contribution >= 0.6 is 0 Å². The van der Waals surface area contributed by atoms with Gasteiger partial charge in [-0.05, 0) is 36.1 Å². The van der Waals surface area contributed by atoms with Crippen molar-refractivity contribution in [3.8, 4) is 0 Å². The van der Waals surface area contributed by atoms with E-state index in [0.717, 1.165) is 42.8 Å². The summed E-state index contributed by atoms with van der Waals surface area (Å²) in [5.74, 6) is 1.21. The lowest BCUT2D eigenvalue weighted by Gasteiger charge is -2.23. The summed E-state index contributed by atoms with van der Waals surface area (Å²) in [4.78, 5) is 11.6. The monoisotopic (exact) mass is 440 g/mol. The number of nitrogens with zero attached hydrogens (tertiary/aromatic N) is 4. The maximum absolute atomic E-state index is 5.89. The van der Waals surface area contributed by atoms with Gasteiger partial charge in [0, 0.05) is 25.9 Å². The van der Waals surface area contributed by atoms with Crippen molar-refractivity contribution in [2.45, 2.75) is 38.0 Å². The van der Waals surface area contributed by atoms with Crippen LogP contribution in [0.3, 0.4) is 0 Å². The van der Waals surface area contributed by atoms with Gasteiger partial charge in [-0.15, -0.1) is 0 Å². The van der Waals surface area contributed by atoms with E-state index in [2.05, 4.69) is 39.3 Å². The molecule has 1 unspecified atom stereocenters. The number of benzene rings is 2. The van der Waals surface area contributed by atoms with Crippen LogP contribution in [0.1, 0.15) is 47.3 Å². The number of ether oxygens (including phenoxy) is 1. The lowest BCUT2D eigenvalue weighted by molar-refractivity contribution is 0.0636. The molecule has 1 saturated heterocycles. The van der Waals surface area contributed by atoms with Crippen molar-refractivity contribution in [3.63, 3.8) is 0 Å². The smallest absolute Gasteiger partial charge is 0.240 e. The molecule has 0 aliphatic carbocycles. The molecule has 33 heavy (non-hydrogen) atoms. The summed E-state index contributed by atoms with van der Waals surface area (Å²) < 4.78 is 11.6. The van der Waals surface area contributed by atoms with Gasteiger partial charge in [-0.3, -0.25) is 9.88 Å². The SMILES string of the molecule is c1ccc(C(c2ccccc2)c2noc(CN(Cc3ccccn3)CC3CCCO3)n2)cc1. The van der Waals surface area contributed by atoms with Crippen LogP contribution < -0.4 is 0 Å². The van der Waals surface area contributed by atoms with Gasteiger partial charge in [-0.25, -0.2) is 0 Å². The van der Waals surface area contributed by atoms with Gasteiger partial charge in [0.1, 0.15) is 0 Å². The van der Waals surface area contributed by atoms with Crippen LogP contribution in [0.25, 0.3) is 0 Å². The number of hydrogen-bond donors (Lipinski definition) is 0. The predicted molar refractivity (Wildman–Crippen MR) is 125 cm³/mol. The quantitative estimate of drug-likeness (QED) is 0.372. The van der Waals surface area contributed by atoms with Crippen LogP contribution in [-0.4, -0.2) is 39.3 Å². The molecule has 1 atom stereocenters. The van der Waals surface area contributed by atoms with E-state index in [-0.39, 0.29) is 12.0 Å². The molecular formula is C27H28N4O2. The molecule has 168 valence electrons. The van der Waals surface area contributed by atoms with Crippen LogP contribution in [0.15, 0.2) is 89.6 Å². The third kappa shape index (κ3) is 5.53. The Bertz CT molecular complexity index is 1070. The molecule has 6 nitrogen and oxygen atoms in total. The summed E-state index contributed by atoms with van der Waals surface area (Å²) in [7, 11) is 0. The van der Waals surface area contributed by atoms with E-state index >= 15 is 0 Å². The molecule has 5 rings (SSSR count). The van der Waals surface area contributed by atoms with Crippen molar-refractivity contribution in [3.05, 3.63) is 114 Å². The van der Waals surface area contributed by atoms with Crippen LogP contribution in [0.2, 0.25) is 0 Å².